The summed E-state index contributed by atoms with van der Waals surface area (Å²) in [5.74, 6) is -0.0811. The molecule has 1 aromatic heterocycles. The standard InChI is InChI=1S/C25H36N5O4P/c1-8-22(34-35(33-15-14-26-7)30(18(2)3)19(4)5)17-29-16-20(6)23(28-25(29)32)27-24(31)21-12-10-9-11-13-21/h9-13,16,18-19,22H,8,14-15,17H2,1-6H3,(H,27,28,31,32). The lowest BCUT2D eigenvalue weighted by atomic mass is 10.2. The molecule has 10 heteroatoms. The predicted molar refractivity (Wildman–Crippen MR) is 139 cm³/mol. The zero-order chi connectivity index (χ0) is 26.0. The van der Waals surface area contributed by atoms with Crippen LogP contribution in [0.25, 0.3) is 4.85 Å². The molecule has 0 spiro atoms. The number of rotatable bonds is 13. The van der Waals surface area contributed by atoms with Gasteiger partial charge in [-0.3, -0.25) is 9.36 Å². The zero-order valence-corrected chi connectivity index (χ0v) is 22.3. The Morgan fingerprint density at radius 3 is 2.46 bits per heavy atom. The highest BCUT2D eigenvalue weighted by molar-refractivity contribution is 7.44. The smallest absolute Gasteiger partial charge is 0.317 e. The van der Waals surface area contributed by atoms with Crippen molar-refractivity contribution in [2.45, 2.75) is 72.7 Å². The Labute approximate surface area is 209 Å². The molecule has 0 saturated carbocycles. The maximum absolute atomic E-state index is 12.8. The van der Waals surface area contributed by atoms with Gasteiger partial charge in [-0.05, 0) is 53.2 Å². The summed E-state index contributed by atoms with van der Waals surface area (Å²) in [6.07, 6.45) is 2.05. The van der Waals surface area contributed by atoms with Crippen molar-refractivity contribution in [2.24, 2.45) is 0 Å². The molecule has 1 heterocycles. The van der Waals surface area contributed by atoms with Crippen LogP contribution in [0.15, 0.2) is 41.3 Å². The first-order chi connectivity index (χ1) is 16.7. The summed E-state index contributed by atoms with van der Waals surface area (Å²) in [6, 6.07) is 9.15. The van der Waals surface area contributed by atoms with E-state index in [-0.39, 0.29) is 43.1 Å². The second kappa shape index (κ2) is 14.1. The summed E-state index contributed by atoms with van der Waals surface area (Å²) >= 11 is 0. The number of anilines is 1. The normalized spacial score (nSPS) is 13.1. The molecule has 35 heavy (non-hydrogen) atoms. The topological polar surface area (TPSA) is 90.0 Å². The van der Waals surface area contributed by atoms with E-state index in [1.54, 1.807) is 37.4 Å². The highest BCUT2D eigenvalue weighted by atomic mass is 31.2. The lowest BCUT2D eigenvalue weighted by Crippen LogP contribution is -2.36. The molecule has 2 rings (SSSR count). The molecule has 0 aliphatic rings. The van der Waals surface area contributed by atoms with Crippen molar-refractivity contribution >= 4 is 20.3 Å². The molecule has 0 saturated heterocycles. The van der Waals surface area contributed by atoms with Gasteiger partial charge >= 0.3 is 5.69 Å². The van der Waals surface area contributed by atoms with E-state index in [2.05, 4.69) is 47.5 Å². The van der Waals surface area contributed by atoms with Gasteiger partial charge in [-0.25, -0.2) is 16.0 Å². The maximum atomic E-state index is 12.8. The number of hydrogen-bond acceptors (Lipinski definition) is 6. The summed E-state index contributed by atoms with van der Waals surface area (Å²) in [6.45, 7) is 20.0. The number of benzene rings is 1. The first-order valence-electron chi connectivity index (χ1n) is 11.8. The largest absolute Gasteiger partial charge is 0.349 e. The molecular formula is C25H36N5O4P. The van der Waals surface area contributed by atoms with Crippen LogP contribution in [0.5, 0.6) is 0 Å². The predicted octanol–water partition coefficient (Wildman–Crippen LogP) is 4.88. The highest BCUT2D eigenvalue weighted by Crippen LogP contribution is 2.47. The number of hydrogen-bond donors (Lipinski definition) is 1. The lowest BCUT2D eigenvalue weighted by Gasteiger charge is -2.37. The summed E-state index contributed by atoms with van der Waals surface area (Å²) in [7, 11) is -1.42. The molecular weight excluding hydrogens is 465 g/mol. The number of aryl methyl sites for hydroxylation is 1. The minimum absolute atomic E-state index is 0.186. The number of nitrogens with zero attached hydrogens (tertiary/aromatic N) is 4. The molecule has 0 aliphatic carbocycles. The van der Waals surface area contributed by atoms with Gasteiger partial charge in [0, 0.05) is 29.4 Å². The van der Waals surface area contributed by atoms with Crippen molar-refractivity contribution in [3.05, 3.63) is 69.6 Å². The number of amides is 1. The van der Waals surface area contributed by atoms with E-state index in [9.17, 15) is 9.59 Å². The minimum Gasteiger partial charge on any atom is -0.317 e. The zero-order valence-electron chi connectivity index (χ0n) is 21.4. The van der Waals surface area contributed by atoms with Crippen LogP contribution < -0.4 is 11.0 Å². The van der Waals surface area contributed by atoms with Crippen LogP contribution in [0.3, 0.4) is 0 Å². The Hall–Kier alpha value is -2.63. The molecule has 2 atom stereocenters. The van der Waals surface area contributed by atoms with Crippen LogP contribution in [0.1, 0.15) is 57.0 Å². The Morgan fingerprint density at radius 1 is 1.23 bits per heavy atom. The molecule has 190 valence electrons. The fraction of sp³-hybridized carbons (Fsp3) is 0.520. The van der Waals surface area contributed by atoms with E-state index in [1.807, 2.05) is 13.0 Å². The van der Waals surface area contributed by atoms with Crippen LogP contribution in [-0.2, 0) is 15.6 Å². The summed E-state index contributed by atoms with van der Waals surface area (Å²) in [5.41, 5.74) is 0.692. The van der Waals surface area contributed by atoms with Gasteiger partial charge in [-0.1, -0.05) is 25.1 Å². The van der Waals surface area contributed by atoms with E-state index < -0.39 is 14.2 Å². The minimum atomic E-state index is -1.42. The maximum Gasteiger partial charge on any atom is 0.349 e. The van der Waals surface area contributed by atoms with E-state index >= 15 is 0 Å². The van der Waals surface area contributed by atoms with Gasteiger partial charge in [-0.15, -0.1) is 0 Å². The van der Waals surface area contributed by atoms with Gasteiger partial charge in [-0.2, -0.15) is 4.98 Å². The molecule has 0 radical (unpaired) electrons. The van der Waals surface area contributed by atoms with E-state index in [0.29, 0.717) is 24.1 Å². The fourth-order valence-electron chi connectivity index (χ4n) is 3.50. The quantitative estimate of drug-likeness (QED) is 0.239. The number of aromatic nitrogens is 2. The third-order valence-corrected chi connectivity index (χ3v) is 7.37. The molecule has 9 nitrogen and oxygen atoms in total. The molecule has 2 unspecified atom stereocenters. The van der Waals surface area contributed by atoms with E-state index in [4.69, 9.17) is 15.6 Å². The molecule has 0 aliphatic heterocycles. The summed E-state index contributed by atoms with van der Waals surface area (Å²) in [5, 5.41) is 2.72. The Morgan fingerprint density at radius 2 is 1.89 bits per heavy atom. The molecule has 2 aromatic rings. The summed E-state index contributed by atoms with van der Waals surface area (Å²) < 4.78 is 16.1. The van der Waals surface area contributed by atoms with Crippen LogP contribution in [0, 0.1) is 13.5 Å². The van der Waals surface area contributed by atoms with Crippen molar-refractivity contribution in [3.63, 3.8) is 0 Å². The third-order valence-electron chi connectivity index (χ3n) is 5.19. The average molecular weight is 502 g/mol. The SMILES string of the molecule is [C-]#[N+]CCOP(OC(CC)Cn1cc(C)c(NC(=O)c2ccccc2)nc1=O)N(C(C)C)C(C)C. The van der Waals surface area contributed by atoms with Crippen molar-refractivity contribution in [3.8, 4) is 0 Å². The fourth-order valence-corrected chi connectivity index (χ4v) is 5.26. The molecule has 0 bridgehead atoms. The monoisotopic (exact) mass is 501 g/mol. The number of nitrogens with one attached hydrogen (secondary N) is 1. The van der Waals surface area contributed by atoms with Crippen LogP contribution >= 0.6 is 8.53 Å². The van der Waals surface area contributed by atoms with Crippen LogP contribution in [0.2, 0.25) is 0 Å². The van der Waals surface area contributed by atoms with Crippen LogP contribution in [-0.4, -0.2) is 51.5 Å². The molecule has 1 N–H and O–H groups in total. The lowest BCUT2D eigenvalue weighted by molar-refractivity contribution is 0.102. The third kappa shape index (κ3) is 8.52. The second-order valence-corrected chi connectivity index (χ2v) is 10.1. The second-order valence-electron chi connectivity index (χ2n) is 8.68. The Kier molecular flexibility index (Phi) is 11.5. The van der Waals surface area contributed by atoms with E-state index in [0.717, 1.165) is 0 Å². The van der Waals surface area contributed by atoms with Gasteiger partial charge in [0.05, 0.1) is 12.6 Å². The molecule has 0 fully saturated rings. The van der Waals surface area contributed by atoms with Crippen molar-refractivity contribution in [1.29, 1.82) is 0 Å². The first kappa shape index (κ1) is 28.6. The molecule has 1 aromatic carbocycles. The van der Waals surface area contributed by atoms with Crippen LogP contribution in [0.4, 0.5) is 5.82 Å². The van der Waals surface area contributed by atoms with E-state index in [1.165, 1.54) is 4.57 Å². The van der Waals surface area contributed by atoms with Gasteiger partial charge in [0.15, 0.2) is 0 Å². The average Bonchev–Trinajstić information content (AvgIpc) is 2.81. The summed E-state index contributed by atoms with van der Waals surface area (Å²) in [4.78, 5) is 32.7. The highest BCUT2D eigenvalue weighted by Gasteiger charge is 2.30. The van der Waals surface area contributed by atoms with Gasteiger partial charge in [0.2, 0.25) is 6.54 Å². The number of carbonyl (C=O) groups is 1. The van der Waals surface area contributed by atoms with Crippen molar-refractivity contribution in [1.82, 2.24) is 14.2 Å². The van der Waals surface area contributed by atoms with Gasteiger partial charge < -0.3 is 19.2 Å². The molecule has 1 amide bonds. The van der Waals surface area contributed by atoms with Crippen molar-refractivity contribution in [2.75, 3.05) is 18.5 Å². The van der Waals surface area contributed by atoms with Crippen molar-refractivity contribution < 1.29 is 13.8 Å². The Bertz CT molecular complexity index is 1040. The Balaban J connectivity index is 2.19. The number of carbonyl (C=O) groups excluding carboxylic acids is 1. The van der Waals surface area contributed by atoms with Gasteiger partial charge in [0.1, 0.15) is 12.4 Å². The first-order valence-corrected chi connectivity index (χ1v) is 13.0. The van der Waals surface area contributed by atoms with Gasteiger partial charge in [0.25, 0.3) is 14.4 Å².